The molecule has 0 aliphatic heterocycles. The monoisotopic (exact) mass is 402 g/mol. The summed E-state index contributed by atoms with van der Waals surface area (Å²) in [6.07, 6.45) is 1.09. The Morgan fingerprint density at radius 1 is 1.20 bits per heavy atom. The quantitative estimate of drug-likeness (QED) is 0.687. The van der Waals surface area contributed by atoms with Crippen LogP contribution in [0.5, 0.6) is 5.75 Å². The molecule has 3 rings (SSSR count). The third kappa shape index (κ3) is 4.03. The minimum Gasteiger partial charge on any atom is -0.508 e. The second kappa shape index (κ2) is 7.29. The molecule has 1 atom stereocenters. The molecule has 1 aromatic heterocycles. The van der Waals surface area contributed by atoms with Crippen LogP contribution in [0.3, 0.4) is 0 Å². The molecule has 0 saturated carbocycles. The number of fused-ring (bicyclic) bond motifs is 1. The minimum absolute atomic E-state index is 0.0877. The lowest BCUT2D eigenvalue weighted by molar-refractivity contribution is -0.131. The lowest BCUT2D eigenvalue weighted by atomic mass is 10.1. The fraction of sp³-hybridized carbons (Fsp3) is 0.211. The molecule has 0 aliphatic rings. The predicted molar refractivity (Wildman–Crippen MR) is 100 cm³/mol. The first-order valence-corrected chi connectivity index (χ1v) is 8.68. The molecule has 130 valence electrons. The van der Waals surface area contributed by atoms with Crippen molar-refractivity contribution in [3.63, 3.8) is 0 Å². The molecule has 2 N–H and O–H groups in total. The van der Waals surface area contributed by atoms with E-state index in [0.29, 0.717) is 5.56 Å². The second-order valence-corrected chi connectivity index (χ2v) is 6.94. The number of hydrogen-bond acceptors (Lipinski definition) is 3. The van der Waals surface area contributed by atoms with E-state index in [2.05, 4.69) is 15.9 Å². The zero-order chi connectivity index (χ0) is 18.0. The number of aliphatic hydroxyl groups excluding tert-OH is 1. The Balaban J connectivity index is 1.67. The van der Waals surface area contributed by atoms with Gasteiger partial charge in [0.25, 0.3) is 0 Å². The number of benzene rings is 2. The van der Waals surface area contributed by atoms with Gasteiger partial charge >= 0.3 is 0 Å². The van der Waals surface area contributed by atoms with E-state index in [1.54, 1.807) is 19.2 Å². The van der Waals surface area contributed by atoms with E-state index in [9.17, 15) is 15.0 Å². The smallest absolute Gasteiger partial charge is 0.242 e. The molecule has 2 aromatic carbocycles. The van der Waals surface area contributed by atoms with Crippen LogP contribution in [0.1, 0.15) is 11.7 Å². The van der Waals surface area contributed by atoms with Gasteiger partial charge in [-0.25, -0.2) is 0 Å². The number of carbonyl (C=O) groups excluding carboxylic acids is 1. The first kappa shape index (κ1) is 17.5. The largest absolute Gasteiger partial charge is 0.508 e. The topological polar surface area (TPSA) is 65.7 Å². The van der Waals surface area contributed by atoms with Crippen LogP contribution < -0.4 is 0 Å². The van der Waals surface area contributed by atoms with Gasteiger partial charge in [-0.2, -0.15) is 0 Å². The Kier molecular flexibility index (Phi) is 5.11. The summed E-state index contributed by atoms with van der Waals surface area (Å²) in [5.41, 5.74) is 1.64. The number of hydrogen-bond donors (Lipinski definition) is 2. The number of amides is 1. The van der Waals surface area contributed by atoms with E-state index in [4.69, 9.17) is 0 Å². The van der Waals surface area contributed by atoms with E-state index in [-0.39, 0.29) is 24.7 Å². The van der Waals surface area contributed by atoms with E-state index in [0.717, 1.165) is 15.4 Å². The summed E-state index contributed by atoms with van der Waals surface area (Å²) in [6, 6.07) is 14.3. The Morgan fingerprint density at radius 3 is 2.64 bits per heavy atom. The Bertz CT molecular complexity index is 889. The zero-order valence-electron chi connectivity index (χ0n) is 13.8. The van der Waals surface area contributed by atoms with E-state index in [1.165, 1.54) is 17.0 Å². The summed E-state index contributed by atoms with van der Waals surface area (Å²) in [5, 5.41) is 20.7. The summed E-state index contributed by atoms with van der Waals surface area (Å²) >= 11 is 3.45. The van der Waals surface area contributed by atoms with Crippen LogP contribution in [0, 0.1) is 0 Å². The zero-order valence-corrected chi connectivity index (χ0v) is 15.3. The van der Waals surface area contributed by atoms with Gasteiger partial charge in [-0.3, -0.25) is 4.79 Å². The molecule has 0 fully saturated rings. The maximum absolute atomic E-state index is 12.5. The van der Waals surface area contributed by atoms with Crippen LogP contribution in [0.4, 0.5) is 0 Å². The number of carbonyl (C=O) groups is 1. The number of aliphatic hydroxyl groups is 1. The number of phenols is 1. The number of aromatic hydroxyl groups is 1. The van der Waals surface area contributed by atoms with E-state index in [1.807, 2.05) is 35.0 Å². The number of rotatable bonds is 5. The van der Waals surface area contributed by atoms with Gasteiger partial charge in [-0.1, -0.05) is 34.1 Å². The molecule has 1 heterocycles. The van der Waals surface area contributed by atoms with Gasteiger partial charge in [-0.05, 0) is 41.3 Å². The van der Waals surface area contributed by atoms with Gasteiger partial charge in [0.05, 0.1) is 12.6 Å². The number of phenolic OH excluding ortho intramolecular Hbond substituents is 1. The molecular weight excluding hydrogens is 384 g/mol. The maximum atomic E-state index is 12.5. The highest BCUT2D eigenvalue weighted by molar-refractivity contribution is 9.10. The highest BCUT2D eigenvalue weighted by Crippen LogP contribution is 2.21. The van der Waals surface area contributed by atoms with Gasteiger partial charge < -0.3 is 19.7 Å². The summed E-state index contributed by atoms with van der Waals surface area (Å²) in [7, 11) is 1.67. The number of nitrogens with zero attached hydrogens (tertiary/aromatic N) is 2. The standard InChI is InChI=1S/C19H19BrN2O3/c1-21(11-18(24)14-3-6-16(23)7-4-14)19(25)12-22-9-8-13-2-5-15(20)10-17(13)22/h2-10,18,23-24H,11-12H2,1H3. The molecule has 1 amide bonds. The Hall–Kier alpha value is -2.31. The average Bonchev–Trinajstić information content (AvgIpc) is 2.97. The van der Waals surface area contributed by atoms with Crippen molar-refractivity contribution in [2.45, 2.75) is 12.6 Å². The van der Waals surface area contributed by atoms with Crippen molar-refractivity contribution >= 4 is 32.7 Å². The van der Waals surface area contributed by atoms with Crippen LogP contribution in [-0.2, 0) is 11.3 Å². The highest BCUT2D eigenvalue weighted by atomic mass is 79.9. The fourth-order valence-corrected chi connectivity index (χ4v) is 3.07. The molecule has 0 radical (unpaired) electrons. The lowest BCUT2D eigenvalue weighted by Gasteiger charge is -2.21. The van der Waals surface area contributed by atoms with Crippen molar-refractivity contribution in [1.82, 2.24) is 9.47 Å². The van der Waals surface area contributed by atoms with Crippen LogP contribution in [0.15, 0.2) is 59.2 Å². The van der Waals surface area contributed by atoms with Crippen LogP contribution in [-0.4, -0.2) is 39.2 Å². The fourth-order valence-electron chi connectivity index (χ4n) is 2.72. The van der Waals surface area contributed by atoms with Crippen molar-refractivity contribution in [3.05, 3.63) is 64.8 Å². The van der Waals surface area contributed by atoms with Crippen molar-refractivity contribution in [2.24, 2.45) is 0 Å². The predicted octanol–water partition coefficient (Wildman–Crippen LogP) is 3.30. The summed E-state index contributed by atoms with van der Waals surface area (Å²) in [6.45, 7) is 0.394. The molecule has 0 spiro atoms. The molecule has 0 bridgehead atoms. The van der Waals surface area contributed by atoms with Gasteiger partial charge in [-0.15, -0.1) is 0 Å². The van der Waals surface area contributed by atoms with Gasteiger partial charge in [0.1, 0.15) is 12.3 Å². The van der Waals surface area contributed by atoms with Crippen LogP contribution >= 0.6 is 15.9 Å². The highest BCUT2D eigenvalue weighted by Gasteiger charge is 2.16. The maximum Gasteiger partial charge on any atom is 0.242 e. The van der Waals surface area contributed by atoms with Crippen LogP contribution in [0.2, 0.25) is 0 Å². The minimum atomic E-state index is -0.801. The summed E-state index contributed by atoms with van der Waals surface area (Å²) in [5.74, 6) is 0.0568. The molecule has 0 saturated heterocycles. The molecular formula is C19H19BrN2O3. The number of aromatic nitrogens is 1. The van der Waals surface area contributed by atoms with Gasteiger partial charge in [0, 0.05) is 23.2 Å². The SMILES string of the molecule is CN(CC(O)c1ccc(O)cc1)C(=O)Cn1ccc2ccc(Br)cc21. The van der Waals surface area contributed by atoms with Crippen LogP contribution in [0.25, 0.3) is 10.9 Å². The first-order chi connectivity index (χ1) is 11.9. The second-order valence-electron chi connectivity index (χ2n) is 6.03. The average molecular weight is 403 g/mol. The van der Waals surface area contributed by atoms with E-state index >= 15 is 0 Å². The van der Waals surface area contributed by atoms with Gasteiger partial charge in [0.15, 0.2) is 0 Å². The first-order valence-electron chi connectivity index (χ1n) is 7.89. The molecule has 25 heavy (non-hydrogen) atoms. The summed E-state index contributed by atoms with van der Waals surface area (Å²) in [4.78, 5) is 14.0. The Morgan fingerprint density at radius 2 is 1.92 bits per heavy atom. The van der Waals surface area contributed by atoms with E-state index < -0.39 is 6.10 Å². The van der Waals surface area contributed by atoms with Gasteiger partial charge in [0.2, 0.25) is 5.91 Å². The van der Waals surface area contributed by atoms with Crippen molar-refractivity contribution in [2.75, 3.05) is 13.6 Å². The normalized spacial score (nSPS) is 12.3. The summed E-state index contributed by atoms with van der Waals surface area (Å²) < 4.78 is 2.86. The molecule has 0 aliphatic carbocycles. The number of halogens is 1. The van der Waals surface area contributed by atoms with Crippen molar-refractivity contribution in [3.8, 4) is 5.75 Å². The third-order valence-electron chi connectivity index (χ3n) is 4.19. The third-order valence-corrected chi connectivity index (χ3v) is 4.69. The molecule has 1 unspecified atom stereocenters. The Labute approximate surface area is 154 Å². The molecule has 6 heteroatoms. The molecule has 3 aromatic rings. The number of likely N-dealkylation sites (N-methyl/N-ethyl adjacent to an activating group) is 1. The van der Waals surface area contributed by atoms with Crippen molar-refractivity contribution in [1.29, 1.82) is 0 Å². The molecule has 5 nitrogen and oxygen atoms in total. The lowest BCUT2D eigenvalue weighted by Crippen LogP contribution is -2.33. The van der Waals surface area contributed by atoms with Crippen molar-refractivity contribution < 1.29 is 15.0 Å².